The van der Waals surface area contributed by atoms with Crippen LogP contribution in [0.5, 0.6) is 0 Å². The zero-order valence-corrected chi connectivity index (χ0v) is 17.4. The van der Waals surface area contributed by atoms with Crippen LogP contribution in [0, 0.1) is 12.8 Å². The topological polar surface area (TPSA) is 36.7 Å². The van der Waals surface area contributed by atoms with Crippen molar-refractivity contribution in [3.63, 3.8) is 0 Å². The zero-order chi connectivity index (χ0) is 20.2. The molecule has 1 aromatic heterocycles. The van der Waals surface area contributed by atoms with E-state index in [2.05, 4.69) is 59.3 Å². The first-order valence-corrected chi connectivity index (χ1v) is 10.5. The van der Waals surface area contributed by atoms with Crippen LogP contribution in [-0.4, -0.2) is 36.5 Å². The van der Waals surface area contributed by atoms with Crippen molar-refractivity contribution in [1.82, 2.24) is 9.80 Å². The van der Waals surface area contributed by atoms with Gasteiger partial charge in [0.05, 0.1) is 0 Å². The first-order chi connectivity index (χ1) is 14.1. The molecule has 0 radical (unpaired) electrons. The van der Waals surface area contributed by atoms with Crippen molar-refractivity contribution in [3.8, 4) is 0 Å². The van der Waals surface area contributed by atoms with Crippen molar-refractivity contribution in [2.24, 2.45) is 5.92 Å². The summed E-state index contributed by atoms with van der Waals surface area (Å²) in [7, 11) is 2.22. The third-order valence-corrected chi connectivity index (χ3v) is 5.95. The number of rotatable bonds is 6. The molecule has 3 aromatic rings. The van der Waals surface area contributed by atoms with Gasteiger partial charge < -0.3 is 9.32 Å². The van der Waals surface area contributed by atoms with Crippen LogP contribution in [0.1, 0.15) is 29.5 Å². The highest BCUT2D eigenvalue weighted by molar-refractivity contribution is 5.80. The SMILES string of the molecule is Cc1ccc2c(CN3CCC(CN(C)Cc4ccccc4)CC3)cc(=O)oc2c1. The largest absolute Gasteiger partial charge is 0.423 e. The second kappa shape index (κ2) is 8.93. The minimum Gasteiger partial charge on any atom is -0.423 e. The van der Waals surface area contributed by atoms with Gasteiger partial charge in [-0.05, 0) is 68.6 Å². The highest BCUT2D eigenvalue weighted by Gasteiger charge is 2.21. The van der Waals surface area contributed by atoms with Gasteiger partial charge in [0.2, 0.25) is 0 Å². The fourth-order valence-corrected chi connectivity index (χ4v) is 4.44. The van der Waals surface area contributed by atoms with Gasteiger partial charge in [-0.25, -0.2) is 4.79 Å². The molecule has 4 rings (SSSR count). The maximum Gasteiger partial charge on any atom is 0.336 e. The number of piperidine rings is 1. The van der Waals surface area contributed by atoms with E-state index in [1.54, 1.807) is 6.07 Å². The van der Waals surface area contributed by atoms with E-state index in [0.29, 0.717) is 5.58 Å². The van der Waals surface area contributed by atoms with Gasteiger partial charge in [0, 0.05) is 31.1 Å². The Morgan fingerprint density at radius 2 is 1.83 bits per heavy atom. The minimum atomic E-state index is -0.254. The van der Waals surface area contributed by atoms with Crippen LogP contribution in [-0.2, 0) is 13.1 Å². The van der Waals surface area contributed by atoms with E-state index in [1.807, 2.05) is 13.0 Å². The van der Waals surface area contributed by atoms with Crippen molar-refractivity contribution in [3.05, 3.63) is 81.7 Å². The number of hydrogen-bond acceptors (Lipinski definition) is 4. The van der Waals surface area contributed by atoms with Crippen LogP contribution in [0.25, 0.3) is 11.0 Å². The minimum absolute atomic E-state index is 0.254. The average molecular weight is 391 g/mol. The number of aryl methyl sites for hydroxylation is 1. The van der Waals surface area contributed by atoms with E-state index in [0.717, 1.165) is 55.2 Å². The second-order valence-corrected chi connectivity index (χ2v) is 8.49. The van der Waals surface area contributed by atoms with Crippen molar-refractivity contribution < 1.29 is 4.42 Å². The molecule has 0 unspecified atom stereocenters. The molecule has 0 atom stereocenters. The quantitative estimate of drug-likeness (QED) is 0.583. The van der Waals surface area contributed by atoms with Gasteiger partial charge in [-0.1, -0.05) is 42.5 Å². The van der Waals surface area contributed by atoms with E-state index in [1.165, 1.54) is 18.4 Å². The Morgan fingerprint density at radius 1 is 1.07 bits per heavy atom. The fourth-order valence-electron chi connectivity index (χ4n) is 4.44. The molecule has 2 aromatic carbocycles. The van der Waals surface area contributed by atoms with Crippen molar-refractivity contribution >= 4 is 11.0 Å². The fraction of sp³-hybridized carbons (Fsp3) is 0.400. The molecular formula is C25H30N2O2. The van der Waals surface area contributed by atoms with Crippen LogP contribution >= 0.6 is 0 Å². The monoisotopic (exact) mass is 390 g/mol. The summed E-state index contributed by atoms with van der Waals surface area (Å²) in [5.41, 5.74) is 4.01. The maximum absolute atomic E-state index is 12.0. The number of nitrogens with zero attached hydrogens (tertiary/aromatic N) is 2. The number of benzene rings is 2. The third kappa shape index (κ3) is 5.14. The Labute approximate surface area is 172 Å². The van der Waals surface area contributed by atoms with Crippen molar-refractivity contribution in [2.75, 3.05) is 26.7 Å². The summed E-state index contributed by atoms with van der Waals surface area (Å²) >= 11 is 0. The summed E-state index contributed by atoms with van der Waals surface area (Å²) in [6, 6.07) is 18.5. The molecule has 4 heteroatoms. The van der Waals surface area contributed by atoms with E-state index >= 15 is 0 Å². The molecular weight excluding hydrogens is 360 g/mol. The maximum atomic E-state index is 12.0. The Balaban J connectivity index is 1.33. The molecule has 0 aliphatic carbocycles. The molecule has 1 saturated heterocycles. The zero-order valence-electron chi connectivity index (χ0n) is 17.4. The lowest BCUT2D eigenvalue weighted by atomic mass is 9.95. The summed E-state index contributed by atoms with van der Waals surface area (Å²) < 4.78 is 5.40. The second-order valence-electron chi connectivity index (χ2n) is 8.49. The Kier molecular flexibility index (Phi) is 6.12. The molecule has 4 nitrogen and oxygen atoms in total. The van der Waals surface area contributed by atoms with E-state index < -0.39 is 0 Å². The molecule has 0 spiro atoms. The highest BCUT2D eigenvalue weighted by Crippen LogP contribution is 2.24. The van der Waals surface area contributed by atoms with Crippen LogP contribution < -0.4 is 5.63 Å². The van der Waals surface area contributed by atoms with Gasteiger partial charge in [0.25, 0.3) is 0 Å². The first-order valence-electron chi connectivity index (χ1n) is 10.5. The van der Waals surface area contributed by atoms with Gasteiger partial charge in [0.15, 0.2) is 0 Å². The third-order valence-electron chi connectivity index (χ3n) is 5.95. The van der Waals surface area contributed by atoms with E-state index in [4.69, 9.17) is 4.42 Å². The van der Waals surface area contributed by atoms with E-state index in [9.17, 15) is 4.79 Å². The number of likely N-dealkylation sites (tertiary alicyclic amines) is 1. The predicted molar refractivity (Wildman–Crippen MR) is 118 cm³/mol. The van der Waals surface area contributed by atoms with Crippen LogP contribution in [0.3, 0.4) is 0 Å². The van der Waals surface area contributed by atoms with Gasteiger partial charge in [-0.15, -0.1) is 0 Å². The summed E-state index contributed by atoms with van der Waals surface area (Å²) in [5.74, 6) is 0.736. The lowest BCUT2D eigenvalue weighted by Crippen LogP contribution is -2.37. The molecule has 152 valence electrons. The molecule has 2 heterocycles. The Hall–Kier alpha value is -2.43. The van der Waals surface area contributed by atoms with Crippen LogP contribution in [0.4, 0.5) is 0 Å². The Bertz CT molecular complexity index is 1000. The number of hydrogen-bond donors (Lipinski definition) is 0. The summed E-state index contributed by atoms with van der Waals surface area (Å²) in [5, 5.41) is 1.06. The standard InChI is InChI=1S/C25H30N2O2/c1-19-8-9-23-22(15-25(28)29-24(23)14-19)18-27-12-10-21(11-13-27)17-26(2)16-20-6-4-3-5-7-20/h3-9,14-15,21H,10-13,16-18H2,1-2H3. The molecule has 29 heavy (non-hydrogen) atoms. The van der Waals surface area contributed by atoms with Gasteiger partial charge in [-0.2, -0.15) is 0 Å². The van der Waals surface area contributed by atoms with E-state index in [-0.39, 0.29) is 5.63 Å². The smallest absolute Gasteiger partial charge is 0.336 e. The van der Waals surface area contributed by atoms with Gasteiger partial charge in [-0.3, -0.25) is 4.90 Å². The lowest BCUT2D eigenvalue weighted by Gasteiger charge is -2.34. The normalized spacial score (nSPS) is 16.0. The summed E-state index contributed by atoms with van der Waals surface area (Å²) in [6.07, 6.45) is 2.41. The van der Waals surface area contributed by atoms with Crippen LogP contribution in [0.15, 0.2) is 63.8 Å². The molecule has 1 aliphatic heterocycles. The van der Waals surface area contributed by atoms with Crippen molar-refractivity contribution in [1.29, 1.82) is 0 Å². The summed E-state index contributed by atoms with van der Waals surface area (Å²) in [6.45, 7) is 7.14. The lowest BCUT2D eigenvalue weighted by molar-refractivity contribution is 0.147. The molecule has 0 N–H and O–H groups in total. The van der Waals surface area contributed by atoms with Gasteiger partial charge >= 0.3 is 5.63 Å². The Morgan fingerprint density at radius 3 is 2.59 bits per heavy atom. The van der Waals surface area contributed by atoms with Crippen molar-refractivity contribution in [2.45, 2.75) is 32.9 Å². The molecule has 1 fully saturated rings. The predicted octanol–water partition coefficient (Wildman–Crippen LogP) is 4.45. The van der Waals surface area contributed by atoms with Gasteiger partial charge in [0.1, 0.15) is 5.58 Å². The first kappa shape index (κ1) is 19.9. The molecule has 1 aliphatic rings. The summed E-state index contributed by atoms with van der Waals surface area (Å²) in [4.78, 5) is 16.9. The highest BCUT2D eigenvalue weighted by atomic mass is 16.4. The average Bonchev–Trinajstić information content (AvgIpc) is 2.69. The number of fused-ring (bicyclic) bond motifs is 1. The van der Waals surface area contributed by atoms with Crippen LogP contribution in [0.2, 0.25) is 0 Å². The molecule has 0 bridgehead atoms. The molecule has 0 amide bonds. The molecule has 0 saturated carbocycles.